The second-order valence-corrected chi connectivity index (χ2v) is 10.1. The van der Waals surface area contributed by atoms with Crippen molar-refractivity contribution in [1.82, 2.24) is 14.3 Å². The molecule has 180 valence electrons. The summed E-state index contributed by atoms with van der Waals surface area (Å²) in [6.45, 7) is 0.513. The molecule has 1 atom stereocenters. The number of aromatic nitrogens is 2. The lowest BCUT2D eigenvalue weighted by Crippen LogP contribution is -2.34. The van der Waals surface area contributed by atoms with Gasteiger partial charge < -0.3 is 4.57 Å². The van der Waals surface area contributed by atoms with Crippen molar-refractivity contribution in [2.45, 2.75) is 56.0 Å². The normalized spacial score (nSPS) is 15.4. The van der Waals surface area contributed by atoms with E-state index >= 15 is 0 Å². The predicted molar refractivity (Wildman–Crippen MR) is 118 cm³/mol. The minimum absolute atomic E-state index is 0.0262. The summed E-state index contributed by atoms with van der Waals surface area (Å²) in [5, 5.41) is 10.2. The SMILES string of the molecule is C[C@@H](CF)NS(=O)(=O)c1ccc(-c2c(C#N)c3cc(F)c(CC(F)F)cc3n2C2CCC2)nc1. The van der Waals surface area contributed by atoms with E-state index in [4.69, 9.17) is 0 Å². The summed E-state index contributed by atoms with van der Waals surface area (Å²) in [5.41, 5.74) is 1.12. The lowest BCUT2D eigenvalue weighted by molar-refractivity contribution is 0.148. The van der Waals surface area contributed by atoms with Crippen molar-refractivity contribution in [3.8, 4) is 17.5 Å². The third kappa shape index (κ3) is 4.40. The number of alkyl halides is 3. The molecule has 11 heteroatoms. The first-order valence-electron chi connectivity index (χ1n) is 10.8. The van der Waals surface area contributed by atoms with Gasteiger partial charge in [0, 0.05) is 30.1 Å². The quantitative estimate of drug-likeness (QED) is 0.452. The monoisotopic (exact) mass is 494 g/mol. The van der Waals surface area contributed by atoms with Crippen molar-refractivity contribution in [2.75, 3.05) is 6.67 Å². The van der Waals surface area contributed by atoms with Crippen LogP contribution in [0.5, 0.6) is 0 Å². The lowest BCUT2D eigenvalue weighted by atomic mass is 9.92. The minimum Gasteiger partial charge on any atom is -0.335 e. The Kier molecular flexibility index (Phi) is 6.64. The van der Waals surface area contributed by atoms with Crippen LogP contribution in [0.3, 0.4) is 0 Å². The molecular formula is C23H22F4N4O2S. The van der Waals surface area contributed by atoms with E-state index in [0.29, 0.717) is 11.2 Å². The Labute approximate surface area is 194 Å². The second-order valence-electron chi connectivity index (χ2n) is 8.40. The fourth-order valence-corrected chi connectivity index (χ4v) is 5.30. The highest BCUT2D eigenvalue weighted by Gasteiger charge is 2.30. The number of benzene rings is 1. The Morgan fingerprint density at radius 3 is 2.56 bits per heavy atom. The van der Waals surface area contributed by atoms with Crippen LogP contribution in [0.25, 0.3) is 22.3 Å². The maximum atomic E-state index is 14.6. The fourth-order valence-electron chi connectivity index (χ4n) is 4.13. The summed E-state index contributed by atoms with van der Waals surface area (Å²) in [4.78, 5) is 4.07. The Balaban J connectivity index is 1.87. The van der Waals surface area contributed by atoms with Crippen LogP contribution < -0.4 is 4.72 Å². The van der Waals surface area contributed by atoms with Gasteiger partial charge in [0.2, 0.25) is 16.4 Å². The molecule has 3 aromatic rings. The van der Waals surface area contributed by atoms with Gasteiger partial charge in [-0.3, -0.25) is 4.98 Å². The van der Waals surface area contributed by atoms with Gasteiger partial charge in [-0.15, -0.1) is 0 Å². The molecule has 6 nitrogen and oxygen atoms in total. The average molecular weight is 495 g/mol. The van der Waals surface area contributed by atoms with Gasteiger partial charge in [-0.1, -0.05) is 0 Å². The smallest absolute Gasteiger partial charge is 0.242 e. The van der Waals surface area contributed by atoms with Gasteiger partial charge in [0.15, 0.2) is 0 Å². The average Bonchev–Trinajstić information content (AvgIpc) is 3.05. The highest BCUT2D eigenvalue weighted by molar-refractivity contribution is 7.89. The molecule has 0 saturated heterocycles. The summed E-state index contributed by atoms with van der Waals surface area (Å²) in [7, 11) is -4.00. The van der Waals surface area contributed by atoms with Crippen LogP contribution in [0.4, 0.5) is 17.6 Å². The molecule has 1 aromatic carbocycles. The van der Waals surface area contributed by atoms with Crippen molar-refractivity contribution < 1.29 is 26.0 Å². The number of pyridine rings is 1. The maximum Gasteiger partial charge on any atom is 0.242 e. The number of hydrogen-bond acceptors (Lipinski definition) is 4. The van der Waals surface area contributed by atoms with E-state index < -0.39 is 41.4 Å². The van der Waals surface area contributed by atoms with Crippen molar-refractivity contribution in [1.29, 1.82) is 5.26 Å². The highest BCUT2D eigenvalue weighted by atomic mass is 32.2. The van der Waals surface area contributed by atoms with Gasteiger partial charge in [-0.25, -0.2) is 30.7 Å². The maximum absolute atomic E-state index is 14.6. The molecule has 0 amide bonds. The minimum atomic E-state index is -4.00. The zero-order valence-corrected chi connectivity index (χ0v) is 19.0. The molecule has 1 saturated carbocycles. The number of halogens is 4. The lowest BCUT2D eigenvalue weighted by Gasteiger charge is -2.30. The summed E-state index contributed by atoms with van der Waals surface area (Å²) in [6, 6.07) is 6.33. The number of nitrogens with one attached hydrogen (secondary N) is 1. The molecule has 2 heterocycles. The first-order chi connectivity index (χ1) is 16.2. The van der Waals surface area contributed by atoms with Crippen LogP contribution >= 0.6 is 0 Å². The Morgan fingerprint density at radius 1 is 1.29 bits per heavy atom. The number of nitrogens with zero attached hydrogens (tertiary/aromatic N) is 3. The van der Waals surface area contributed by atoms with Crippen molar-refractivity contribution in [3.05, 3.63) is 47.4 Å². The standard InChI is InChI=1S/C23H22F4N4O2S/c1-13(10-24)30-34(32,33)16-5-6-20(29-12-16)23-18(11-28)17-9-19(25)14(8-22(26)27)7-21(17)31(23)15-3-2-4-15/h5-7,9,12-13,15,22,30H,2-4,8,10H2,1H3/t13-/m0/s1. The van der Waals surface area contributed by atoms with Gasteiger partial charge >= 0.3 is 0 Å². The van der Waals surface area contributed by atoms with Crippen molar-refractivity contribution in [3.63, 3.8) is 0 Å². The first kappa shape index (κ1) is 24.2. The zero-order chi connectivity index (χ0) is 24.6. The predicted octanol–water partition coefficient (Wildman–Crippen LogP) is 4.88. The van der Waals surface area contributed by atoms with Crippen LogP contribution in [0.1, 0.15) is 43.4 Å². The number of hydrogen-bond donors (Lipinski definition) is 1. The van der Waals surface area contributed by atoms with E-state index in [1.54, 1.807) is 0 Å². The van der Waals surface area contributed by atoms with Gasteiger partial charge in [0.05, 0.1) is 22.5 Å². The molecule has 1 fully saturated rings. The molecule has 1 aliphatic rings. The Hall–Kier alpha value is -2.97. The molecule has 1 aliphatic carbocycles. The highest BCUT2D eigenvalue weighted by Crippen LogP contribution is 2.42. The van der Waals surface area contributed by atoms with Crippen LogP contribution in [-0.2, 0) is 16.4 Å². The summed E-state index contributed by atoms with van der Waals surface area (Å²) >= 11 is 0. The number of fused-ring (bicyclic) bond motifs is 1. The van der Waals surface area contributed by atoms with Crippen LogP contribution in [0.15, 0.2) is 35.4 Å². The van der Waals surface area contributed by atoms with Gasteiger partial charge in [0.25, 0.3) is 0 Å². The van der Waals surface area contributed by atoms with Crippen LogP contribution in [-0.4, -0.2) is 37.1 Å². The van der Waals surface area contributed by atoms with Gasteiger partial charge in [-0.05, 0) is 56.0 Å². The summed E-state index contributed by atoms with van der Waals surface area (Å²) in [5.74, 6) is -0.816. The first-order valence-corrected chi connectivity index (χ1v) is 12.2. The topological polar surface area (TPSA) is 87.8 Å². The summed E-state index contributed by atoms with van der Waals surface area (Å²) < 4.78 is 82.2. The molecule has 0 bridgehead atoms. The van der Waals surface area contributed by atoms with Crippen LogP contribution in [0, 0.1) is 17.1 Å². The molecule has 4 rings (SSSR count). The number of nitriles is 1. The largest absolute Gasteiger partial charge is 0.335 e. The second kappa shape index (κ2) is 9.35. The number of rotatable bonds is 8. The molecule has 0 unspecified atom stereocenters. The van der Waals surface area contributed by atoms with Gasteiger partial charge in [-0.2, -0.15) is 5.26 Å². The van der Waals surface area contributed by atoms with E-state index in [0.717, 1.165) is 31.5 Å². The molecule has 1 N–H and O–H groups in total. The molecule has 0 spiro atoms. The van der Waals surface area contributed by atoms with E-state index in [2.05, 4.69) is 15.8 Å². The van der Waals surface area contributed by atoms with E-state index in [1.807, 2.05) is 4.57 Å². The molecule has 2 aromatic heterocycles. The zero-order valence-electron chi connectivity index (χ0n) is 18.2. The van der Waals surface area contributed by atoms with Crippen molar-refractivity contribution >= 4 is 20.9 Å². The Morgan fingerprint density at radius 2 is 2.03 bits per heavy atom. The van der Waals surface area contributed by atoms with Crippen LogP contribution in [0.2, 0.25) is 0 Å². The molecule has 0 radical (unpaired) electrons. The summed E-state index contributed by atoms with van der Waals surface area (Å²) in [6.07, 6.45) is 0.166. The molecule has 0 aliphatic heterocycles. The van der Waals surface area contributed by atoms with E-state index in [1.165, 1.54) is 25.1 Å². The van der Waals surface area contributed by atoms with E-state index in [-0.39, 0.29) is 33.1 Å². The third-order valence-corrected chi connectivity index (χ3v) is 7.55. The third-order valence-electron chi connectivity index (χ3n) is 5.97. The fraction of sp³-hybridized carbons (Fsp3) is 0.391. The van der Waals surface area contributed by atoms with Crippen molar-refractivity contribution in [2.24, 2.45) is 0 Å². The van der Waals surface area contributed by atoms with E-state index in [9.17, 15) is 31.2 Å². The Bertz CT molecular complexity index is 1360. The molecule has 34 heavy (non-hydrogen) atoms. The number of sulfonamides is 1. The van der Waals surface area contributed by atoms with Gasteiger partial charge in [0.1, 0.15) is 23.5 Å². The molecular weight excluding hydrogens is 472 g/mol.